The zero-order valence-electron chi connectivity index (χ0n) is 14.4. The molecule has 0 rings (SSSR count). The maximum atomic E-state index is 2.63. The Balaban J connectivity index is 3.61. The molecule has 0 aromatic heterocycles. The summed E-state index contributed by atoms with van der Waals surface area (Å²) < 4.78 is 5.84. The Morgan fingerprint density at radius 2 is 1.37 bits per heavy atom. The molecular weight excluding hydrogens is 335 g/mol. The van der Waals surface area contributed by atoms with Crippen LogP contribution in [0.3, 0.4) is 0 Å². The van der Waals surface area contributed by atoms with E-state index in [0.29, 0.717) is 0 Å². The first-order chi connectivity index (χ1) is 9.04. The van der Waals surface area contributed by atoms with Gasteiger partial charge in [0.25, 0.3) is 0 Å². The number of hydrogen-bond acceptors (Lipinski definition) is 2. The molecule has 0 radical (unpaired) electrons. The minimum atomic E-state index is -1.12. The summed E-state index contributed by atoms with van der Waals surface area (Å²) in [5.41, 5.74) is 0. The van der Waals surface area contributed by atoms with Crippen LogP contribution in [0.5, 0.6) is 0 Å². The zero-order valence-corrected chi connectivity index (χ0v) is 17.7. The van der Waals surface area contributed by atoms with Crippen LogP contribution in [0.4, 0.5) is 0 Å². The van der Waals surface area contributed by atoms with E-state index in [4.69, 9.17) is 0 Å². The first-order valence-corrected chi connectivity index (χ1v) is 16.5. The standard InChI is InChI=1S/C8H18N.C7H16N.CH3.In/c1-5-7-9(6-2)8(3)4;1-4-7-8(5-2)6-3;;/h8H,1,5-7H2,2-4H3;1,4-7H2,2-3H3;1H3;. The molecule has 0 aliphatic heterocycles. The van der Waals surface area contributed by atoms with E-state index in [1.54, 1.807) is 8.35 Å². The topological polar surface area (TPSA) is 6.48 Å². The molecule has 0 spiro atoms. The van der Waals surface area contributed by atoms with Crippen LogP contribution in [0, 0.1) is 0 Å². The van der Waals surface area contributed by atoms with Crippen LogP contribution in [-0.2, 0) is 0 Å². The van der Waals surface area contributed by atoms with E-state index in [9.17, 15) is 0 Å². The molecule has 0 fully saturated rings. The summed E-state index contributed by atoms with van der Waals surface area (Å²) in [6.45, 7) is 17.8. The predicted molar refractivity (Wildman–Crippen MR) is 90.6 cm³/mol. The van der Waals surface area contributed by atoms with Gasteiger partial charge in [-0.15, -0.1) is 0 Å². The SMILES string of the molecule is CCN(CC)CC[CH2][In]([CH3])[CH2]CCN(CC)C(C)C. The van der Waals surface area contributed by atoms with Crippen molar-refractivity contribution in [2.24, 2.45) is 0 Å². The first-order valence-electron chi connectivity index (χ1n) is 8.51. The van der Waals surface area contributed by atoms with Gasteiger partial charge in [0.15, 0.2) is 0 Å². The van der Waals surface area contributed by atoms with E-state index < -0.39 is 21.4 Å². The van der Waals surface area contributed by atoms with Crippen molar-refractivity contribution in [2.45, 2.75) is 66.5 Å². The van der Waals surface area contributed by atoms with Gasteiger partial charge in [-0.3, -0.25) is 0 Å². The van der Waals surface area contributed by atoms with Crippen molar-refractivity contribution in [2.75, 3.05) is 32.7 Å². The molecule has 0 aliphatic rings. The summed E-state index contributed by atoms with van der Waals surface area (Å²) in [5, 5.41) is 0. The molecule has 0 bridgehead atoms. The fourth-order valence-corrected chi connectivity index (χ4v) is 8.62. The summed E-state index contributed by atoms with van der Waals surface area (Å²) >= 11 is -1.12. The number of nitrogens with zero attached hydrogens (tertiary/aromatic N) is 2. The third kappa shape index (κ3) is 10.2. The van der Waals surface area contributed by atoms with E-state index >= 15 is 0 Å². The molecule has 114 valence electrons. The van der Waals surface area contributed by atoms with Crippen LogP contribution in [0.25, 0.3) is 0 Å². The second-order valence-electron chi connectivity index (χ2n) is 6.14. The molecule has 0 aromatic rings. The number of hydrogen-bond donors (Lipinski definition) is 0. The molecule has 0 unspecified atom stereocenters. The summed E-state index contributed by atoms with van der Waals surface area (Å²) in [6.07, 6.45) is 2.91. The average Bonchev–Trinajstić information content (AvgIpc) is 2.39. The minimum absolute atomic E-state index is 0.721. The van der Waals surface area contributed by atoms with Gasteiger partial charge in [-0.25, -0.2) is 0 Å². The van der Waals surface area contributed by atoms with Crippen LogP contribution in [0.2, 0.25) is 13.0 Å². The second kappa shape index (κ2) is 12.5. The zero-order chi connectivity index (χ0) is 14.7. The van der Waals surface area contributed by atoms with E-state index in [1.807, 2.05) is 0 Å². The van der Waals surface area contributed by atoms with Crippen molar-refractivity contribution in [3.05, 3.63) is 0 Å². The molecule has 0 saturated heterocycles. The Bertz CT molecular complexity index is 193. The third-order valence-corrected chi connectivity index (χ3v) is 12.3. The van der Waals surface area contributed by atoms with Crippen molar-refractivity contribution < 1.29 is 0 Å². The van der Waals surface area contributed by atoms with E-state index in [-0.39, 0.29) is 0 Å². The van der Waals surface area contributed by atoms with E-state index in [2.05, 4.69) is 49.1 Å². The Morgan fingerprint density at radius 1 is 0.842 bits per heavy atom. The fourth-order valence-electron chi connectivity index (χ4n) is 2.77. The van der Waals surface area contributed by atoms with Gasteiger partial charge in [0.1, 0.15) is 0 Å². The van der Waals surface area contributed by atoms with Gasteiger partial charge in [-0.2, -0.15) is 0 Å². The Morgan fingerprint density at radius 3 is 1.79 bits per heavy atom. The Hall–Kier alpha value is 0.790. The molecule has 0 aromatic carbocycles. The molecule has 19 heavy (non-hydrogen) atoms. The Labute approximate surface area is 130 Å². The summed E-state index contributed by atoms with van der Waals surface area (Å²) in [7, 11) is 0. The van der Waals surface area contributed by atoms with Crippen LogP contribution in [0.1, 0.15) is 47.5 Å². The summed E-state index contributed by atoms with van der Waals surface area (Å²) in [6, 6.07) is 0.721. The van der Waals surface area contributed by atoms with Gasteiger partial charge in [-0.05, 0) is 0 Å². The maximum absolute atomic E-state index is 2.63. The van der Waals surface area contributed by atoms with Gasteiger partial charge in [0.2, 0.25) is 0 Å². The molecule has 0 aliphatic carbocycles. The van der Waals surface area contributed by atoms with Crippen molar-refractivity contribution >= 4 is 21.4 Å². The van der Waals surface area contributed by atoms with Gasteiger partial charge in [0.05, 0.1) is 0 Å². The molecule has 0 N–H and O–H groups in total. The van der Waals surface area contributed by atoms with Crippen LogP contribution < -0.4 is 0 Å². The molecule has 0 heterocycles. The van der Waals surface area contributed by atoms with E-state index in [1.165, 1.54) is 45.6 Å². The first kappa shape index (κ1) is 19.8. The third-order valence-electron chi connectivity index (χ3n) is 4.34. The van der Waals surface area contributed by atoms with Gasteiger partial charge in [-0.1, -0.05) is 0 Å². The van der Waals surface area contributed by atoms with Crippen molar-refractivity contribution in [3.8, 4) is 0 Å². The van der Waals surface area contributed by atoms with Crippen LogP contribution >= 0.6 is 0 Å². The van der Waals surface area contributed by atoms with Crippen molar-refractivity contribution in [1.82, 2.24) is 9.80 Å². The molecule has 0 saturated carbocycles. The van der Waals surface area contributed by atoms with Crippen molar-refractivity contribution in [1.29, 1.82) is 0 Å². The molecular formula is C16H37InN2. The van der Waals surface area contributed by atoms with Crippen molar-refractivity contribution in [3.63, 3.8) is 0 Å². The normalized spacial score (nSPS) is 11.8. The molecule has 2 nitrogen and oxygen atoms in total. The second-order valence-corrected chi connectivity index (χ2v) is 15.7. The van der Waals surface area contributed by atoms with Crippen LogP contribution in [-0.4, -0.2) is 70.0 Å². The average molecular weight is 372 g/mol. The quantitative estimate of drug-likeness (QED) is 0.512. The Kier molecular flexibility index (Phi) is 13.0. The monoisotopic (exact) mass is 372 g/mol. The summed E-state index contributed by atoms with van der Waals surface area (Å²) in [4.78, 5) is 5.17. The van der Waals surface area contributed by atoms with Gasteiger partial charge < -0.3 is 0 Å². The predicted octanol–water partition coefficient (Wildman–Crippen LogP) is 3.96. The molecule has 0 atom stereocenters. The number of rotatable bonds is 12. The molecule has 3 heteroatoms. The summed E-state index contributed by atoms with van der Waals surface area (Å²) in [5.74, 6) is 0. The van der Waals surface area contributed by atoms with Crippen LogP contribution in [0.15, 0.2) is 0 Å². The van der Waals surface area contributed by atoms with Gasteiger partial charge >= 0.3 is 130 Å². The van der Waals surface area contributed by atoms with E-state index in [0.717, 1.165) is 6.04 Å². The fraction of sp³-hybridized carbons (Fsp3) is 1.00. The molecule has 0 amide bonds. The van der Waals surface area contributed by atoms with Gasteiger partial charge in [0, 0.05) is 0 Å².